The van der Waals surface area contributed by atoms with Crippen molar-refractivity contribution >= 4 is 15.7 Å². The molecule has 0 radical (unpaired) electrons. The number of carbonyl (C=O) groups is 1. The van der Waals surface area contributed by atoms with Gasteiger partial charge in [-0.15, -0.1) is 0 Å². The average molecular weight is 259 g/mol. The molecule has 17 heavy (non-hydrogen) atoms. The number of rotatable bonds is 3. The van der Waals surface area contributed by atoms with Crippen LogP contribution in [0.25, 0.3) is 0 Å². The quantitative estimate of drug-likeness (QED) is 0.830. The smallest absolute Gasteiger partial charge is 0.220 e. The third kappa shape index (κ3) is 3.44. The second-order valence-corrected chi connectivity index (χ2v) is 7.99. The van der Waals surface area contributed by atoms with Gasteiger partial charge in [-0.3, -0.25) is 4.79 Å². The van der Waals surface area contributed by atoms with Crippen molar-refractivity contribution in [1.29, 1.82) is 0 Å². The van der Waals surface area contributed by atoms with Crippen LogP contribution in [-0.4, -0.2) is 31.4 Å². The van der Waals surface area contributed by atoms with Crippen molar-refractivity contribution in [1.82, 2.24) is 5.32 Å². The van der Waals surface area contributed by atoms with Gasteiger partial charge in [-0.2, -0.15) is 0 Å². The van der Waals surface area contributed by atoms with E-state index in [2.05, 4.69) is 5.32 Å². The molecule has 1 aliphatic carbocycles. The van der Waals surface area contributed by atoms with Crippen molar-refractivity contribution in [3.05, 3.63) is 0 Å². The van der Waals surface area contributed by atoms with E-state index in [1.54, 1.807) is 0 Å². The number of amides is 1. The zero-order valence-electron chi connectivity index (χ0n) is 10.4. The molecule has 2 fully saturated rings. The van der Waals surface area contributed by atoms with Crippen LogP contribution in [-0.2, 0) is 14.6 Å². The van der Waals surface area contributed by atoms with Crippen molar-refractivity contribution in [2.45, 2.75) is 51.0 Å². The minimum absolute atomic E-state index is 0.0245. The molecule has 2 rings (SSSR count). The van der Waals surface area contributed by atoms with Crippen molar-refractivity contribution in [2.75, 3.05) is 11.5 Å². The van der Waals surface area contributed by atoms with Gasteiger partial charge in [0.1, 0.15) is 0 Å². The predicted octanol–water partition coefficient (Wildman–Crippen LogP) is 1.26. The molecule has 1 saturated heterocycles. The van der Waals surface area contributed by atoms with Crippen molar-refractivity contribution in [2.24, 2.45) is 5.92 Å². The second kappa shape index (κ2) is 4.59. The van der Waals surface area contributed by atoms with Gasteiger partial charge < -0.3 is 5.32 Å². The summed E-state index contributed by atoms with van der Waals surface area (Å²) in [5, 5.41) is 2.92. The van der Waals surface area contributed by atoms with Gasteiger partial charge in [-0.1, -0.05) is 12.8 Å². The largest absolute Gasteiger partial charge is 0.350 e. The first-order chi connectivity index (χ1) is 7.89. The van der Waals surface area contributed by atoms with Crippen molar-refractivity contribution in [3.8, 4) is 0 Å². The minimum Gasteiger partial charge on any atom is -0.350 e. The van der Waals surface area contributed by atoms with Crippen LogP contribution in [0, 0.1) is 5.92 Å². The second-order valence-electron chi connectivity index (χ2n) is 5.81. The fourth-order valence-electron chi connectivity index (χ4n) is 2.97. The van der Waals surface area contributed by atoms with Gasteiger partial charge in [0, 0.05) is 6.42 Å². The lowest BCUT2D eigenvalue weighted by Crippen LogP contribution is -2.47. The standard InChI is InChI=1S/C12H21NO3S/c1-12(6-7-17(15,16)9-12)13-11(14)8-10-4-2-3-5-10/h10H,2-9H2,1H3,(H,13,14)/t12-/m1/s1. The molecule has 0 aromatic carbocycles. The van der Waals surface area contributed by atoms with Crippen LogP contribution in [0.1, 0.15) is 45.4 Å². The summed E-state index contributed by atoms with van der Waals surface area (Å²) in [7, 11) is -2.94. The Kier molecular flexibility index (Phi) is 3.48. The Morgan fingerprint density at radius 2 is 2.00 bits per heavy atom. The Hall–Kier alpha value is -0.580. The van der Waals surface area contributed by atoms with Crippen LogP contribution < -0.4 is 5.32 Å². The van der Waals surface area contributed by atoms with Gasteiger partial charge in [0.15, 0.2) is 9.84 Å². The highest BCUT2D eigenvalue weighted by Gasteiger charge is 2.39. The molecule has 1 heterocycles. The lowest BCUT2D eigenvalue weighted by atomic mass is 9.99. The summed E-state index contributed by atoms with van der Waals surface area (Å²) in [6.07, 6.45) is 5.85. The molecule has 0 unspecified atom stereocenters. The van der Waals surface area contributed by atoms with Gasteiger partial charge in [-0.25, -0.2) is 8.42 Å². The van der Waals surface area contributed by atoms with E-state index >= 15 is 0 Å². The third-order valence-corrected chi connectivity index (χ3v) is 5.80. The zero-order chi connectivity index (χ0) is 12.5. The monoisotopic (exact) mass is 259 g/mol. The highest BCUT2D eigenvalue weighted by Crippen LogP contribution is 2.28. The Labute approximate surface area is 103 Å². The van der Waals surface area contributed by atoms with Crippen LogP contribution in [0.3, 0.4) is 0 Å². The normalized spacial score (nSPS) is 32.8. The topological polar surface area (TPSA) is 63.2 Å². The predicted molar refractivity (Wildman–Crippen MR) is 66.4 cm³/mol. The van der Waals surface area contributed by atoms with Gasteiger partial charge in [0.25, 0.3) is 0 Å². The lowest BCUT2D eigenvalue weighted by molar-refractivity contribution is -0.123. The van der Waals surface area contributed by atoms with Crippen LogP contribution in [0.5, 0.6) is 0 Å². The first-order valence-corrected chi connectivity index (χ1v) is 8.22. The molecule has 0 aromatic rings. The molecule has 2 aliphatic rings. The van der Waals surface area contributed by atoms with Gasteiger partial charge in [-0.05, 0) is 32.1 Å². The molecule has 1 saturated carbocycles. The number of sulfone groups is 1. The summed E-state index contributed by atoms with van der Waals surface area (Å²) in [5.41, 5.74) is -0.533. The fourth-order valence-corrected chi connectivity index (χ4v) is 5.07. The van der Waals surface area contributed by atoms with E-state index in [1.165, 1.54) is 12.8 Å². The summed E-state index contributed by atoms with van der Waals surface area (Å²) >= 11 is 0. The fraction of sp³-hybridized carbons (Fsp3) is 0.917. The number of nitrogens with one attached hydrogen (secondary N) is 1. The molecule has 1 amide bonds. The maximum Gasteiger partial charge on any atom is 0.220 e. The van der Waals surface area contributed by atoms with Crippen molar-refractivity contribution < 1.29 is 13.2 Å². The van der Waals surface area contributed by atoms with Crippen LogP contribution in [0.2, 0.25) is 0 Å². The summed E-state index contributed by atoms with van der Waals surface area (Å²) in [5.74, 6) is 0.831. The Morgan fingerprint density at radius 1 is 1.35 bits per heavy atom. The number of carbonyl (C=O) groups excluding carboxylic acids is 1. The Balaban J connectivity index is 1.86. The van der Waals surface area contributed by atoms with E-state index in [1.807, 2.05) is 6.92 Å². The molecular weight excluding hydrogens is 238 g/mol. The summed E-state index contributed by atoms with van der Waals surface area (Å²) in [6, 6.07) is 0. The molecule has 0 spiro atoms. The lowest BCUT2D eigenvalue weighted by Gasteiger charge is -2.24. The maximum absolute atomic E-state index is 11.9. The molecule has 98 valence electrons. The summed E-state index contributed by atoms with van der Waals surface area (Å²) < 4.78 is 22.8. The number of hydrogen-bond donors (Lipinski definition) is 1. The van der Waals surface area contributed by atoms with E-state index in [-0.39, 0.29) is 17.4 Å². The van der Waals surface area contributed by atoms with E-state index in [0.717, 1.165) is 12.8 Å². The molecule has 1 aliphatic heterocycles. The third-order valence-electron chi connectivity index (χ3n) is 3.89. The summed E-state index contributed by atoms with van der Waals surface area (Å²) in [6.45, 7) is 1.84. The highest BCUT2D eigenvalue weighted by atomic mass is 32.2. The van der Waals surface area contributed by atoms with Gasteiger partial charge >= 0.3 is 0 Å². The van der Waals surface area contributed by atoms with Crippen LogP contribution in [0.4, 0.5) is 0 Å². The van der Waals surface area contributed by atoms with Gasteiger partial charge in [0.05, 0.1) is 17.0 Å². The van der Waals surface area contributed by atoms with Crippen LogP contribution >= 0.6 is 0 Å². The van der Waals surface area contributed by atoms with E-state index in [4.69, 9.17) is 0 Å². The first kappa shape index (κ1) is 12.9. The minimum atomic E-state index is -2.94. The molecule has 1 atom stereocenters. The summed E-state index contributed by atoms with van der Waals surface area (Å²) in [4.78, 5) is 11.9. The maximum atomic E-state index is 11.9. The molecule has 1 N–H and O–H groups in total. The molecule has 0 aromatic heterocycles. The van der Waals surface area contributed by atoms with E-state index in [9.17, 15) is 13.2 Å². The SMILES string of the molecule is C[C@@]1(NC(=O)CC2CCCC2)CCS(=O)(=O)C1. The molecule has 0 bridgehead atoms. The highest BCUT2D eigenvalue weighted by molar-refractivity contribution is 7.91. The molecule has 4 nitrogen and oxygen atoms in total. The number of hydrogen-bond acceptors (Lipinski definition) is 3. The first-order valence-electron chi connectivity index (χ1n) is 6.40. The average Bonchev–Trinajstić information content (AvgIpc) is 2.74. The molecular formula is C12H21NO3S. The van der Waals surface area contributed by atoms with Gasteiger partial charge in [0.2, 0.25) is 5.91 Å². The van der Waals surface area contributed by atoms with Crippen molar-refractivity contribution in [3.63, 3.8) is 0 Å². The molecule has 5 heteroatoms. The Bertz CT molecular complexity index is 398. The van der Waals surface area contributed by atoms with E-state index in [0.29, 0.717) is 18.8 Å². The Morgan fingerprint density at radius 3 is 2.53 bits per heavy atom. The van der Waals surface area contributed by atoms with Crippen LogP contribution in [0.15, 0.2) is 0 Å². The zero-order valence-corrected chi connectivity index (χ0v) is 11.2. The van der Waals surface area contributed by atoms with E-state index < -0.39 is 15.4 Å².